The molecule has 156 valence electrons. The van der Waals surface area contributed by atoms with Crippen molar-refractivity contribution in [3.8, 4) is 0 Å². The highest BCUT2D eigenvalue weighted by Gasteiger charge is 2.40. The molecule has 1 aliphatic carbocycles. The molecule has 2 aromatic rings. The van der Waals surface area contributed by atoms with Gasteiger partial charge in [-0.1, -0.05) is 0 Å². The van der Waals surface area contributed by atoms with Gasteiger partial charge in [-0.25, -0.2) is 9.18 Å². The minimum atomic E-state index is -1.26. The molecule has 1 saturated carbocycles. The van der Waals surface area contributed by atoms with Gasteiger partial charge in [0.05, 0.1) is 36.5 Å². The largest absolute Gasteiger partial charge is 1.00 e. The first-order valence-corrected chi connectivity index (χ1v) is 10.2. The van der Waals surface area contributed by atoms with E-state index in [2.05, 4.69) is 10.2 Å². The molecule has 0 aromatic carbocycles. The highest BCUT2D eigenvalue weighted by molar-refractivity contribution is 5.89. The third-order valence-corrected chi connectivity index (χ3v) is 6.81. The highest BCUT2D eigenvalue weighted by atomic mass is 35.5. The molecule has 3 fully saturated rings. The number of halogens is 2. The van der Waals surface area contributed by atoms with E-state index in [1.54, 1.807) is 0 Å². The number of carboxylic acid groups (broad SMARTS) is 1. The van der Waals surface area contributed by atoms with Gasteiger partial charge < -0.3 is 27.7 Å². The van der Waals surface area contributed by atoms with Crippen molar-refractivity contribution >= 4 is 17.2 Å². The van der Waals surface area contributed by atoms with E-state index in [9.17, 15) is 14.7 Å². The zero-order valence-electron chi connectivity index (χ0n) is 16.3. The SMILES string of the molecule is Cc1c(N2CC[C@@H]3CC[NH2+]C[C@@H]32)c(F)cn2c(=O)c(C(=O)O)cc(C3CC3)c12.[Cl-]. The van der Waals surface area contributed by atoms with Crippen LogP contribution in [-0.2, 0) is 0 Å². The van der Waals surface area contributed by atoms with Crippen LogP contribution in [0.2, 0.25) is 0 Å². The minimum Gasteiger partial charge on any atom is -1.00 e. The maximum Gasteiger partial charge on any atom is 0.341 e. The van der Waals surface area contributed by atoms with Crippen molar-refractivity contribution in [2.24, 2.45) is 5.92 Å². The molecular weight excluding hydrogens is 397 g/mol. The number of carboxylic acids is 1. The molecule has 0 bridgehead atoms. The summed E-state index contributed by atoms with van der Waals surface area (Å²) in [4.78, 5) is 26.5. The Morgan fingerprint density at radius 2 is 2.03 bits per heavy atom. The quantitative estimate of drug-likeness (QED) is 0.631. The zero-order valence-corrected chi connectivity index (χ0v) is 17.1. The summed E-state index contributed by atoms with van der Waals surface area (Å²) < 4.78 is 16.5. The Kier molecular flexibility index (Phi) is 5.07. The number of nitrogens with two attached hydrogens (primary N) is 1. The predicted octanol–water partition coefficient (Wildman–Crippen LogP) is -1.51. The second kappa shape index (κ2) is 7.29. The maximum atomic E-state index is 15.3. The lowest BCUT2D eigenvalue weighted by molar-refractivity contribution is -0.665. The van der Waals surface area contributed by atoms with Crippen LogP contribution in [0.3, 0.4) is 0 Å². The topological polar surface area (TPSA) is 78.6 Å². The number of quaternary nitrogens is 1. The molecule has 0 amide bonds. The summed E-state index contributed by atoms with van der Waals surface area (Å²) in [6, 6.07) is 1.84. The summed E-state index contributed by atoms with van der Waals surface area (Å²) in [6.07, 6.45) is 5.38. The zero-order chi connectivity index (χ0) is 19.6. The van der Waals surface area contributed by atoms with Gasteiger partial charge in [0.1, 0.15) is 5.56 Å². The number of nitrogens with zero attached hydrogens (tertiary/aromatic N) is 2. The van der Waals surface area contributed by atoms with E-state index in [1.165, 1.54) is 16.7 Å². The van der Waals surface area contributed by atoms with Crippen LogP contribution in [0, 0.1) is 18.7 Å². The van der Waals surface area contributed by atoms with Crippen molar-refractivity contribution in [3.05, 3.63) is 45.1 Å². The van der Waals surface area contributed by atoms with Crippen molar-refractivity contribution in [3.63, 3.8) is 0 Å². The molecule has 0 spiro atoms. The third kappa shape index (κ3) is 3.11. The number of pyridine rings is 2. The molecule has 4 heterocycles. The Balaban J connectivity index is 0.00000205. The van der Waals surface area contributed by atoms with Crippen LogP contribution in [0.15, 0.2) is 17.1 Å². The van der Waals surface area contributed by atoms with Gasteiger partial charge >= 0.3 is 5.97 Å². The summed E-state index contributed by atoms with van der Waals surface area (Å²) >= 11 is 0. The van der Waals surface area contributed by atoms with Gasteiger partial charge in [0.15, 0.2) is 5.82 Å². The Morgan fingerprint density at radius 3 is 2.72 bits per heavy atom. The van der Waals surface area contributed by atoms with E-state index < -0.39 is 17.3 Å². The monoisotopic (exact) mass is 421 g/mol. The van der Waals surface area contributed by atoms with E-state index in [-0.39, 0.29) is 23.9 Å². The Labute approximate surface area is 174 Å². The Morgan fingerprint density at radius 1 is 1.28 bits per heavy atom. The molecule has 0 unspecified atom stereocenters. The van der Waals surface area contributed by atoms with E-state index in [4.69, 9.17) is 0 Å². The van der Waals surface area contributed by atoms with Gasteiger partial charge in [-0.3, -0.25) is 9.20 Å². The second-order valence-electron chi connectivity index (χ2n) is 8.48. The molecule has 8 heteroatoms. The average molecular weight is 422 g/mol. The van der Waals surface area contributed by atoms with Gasteiger partial charge in [-0.15, -0.1) is 0 Å². The molecule has 6 nitrogen and oxygen atoms in total. The summed E-state index contributed by atoms with van der Waals surface area (Å²) in [5.74, 6) is -0.856. The summed E-state index contributed by atoms with van der Waals surface area (Å²) in [7, 11) is 0. The molecular formula is C21H25ClFN3O3. The van der Waals surface area contributed by atoms with E-state index in [1.807, 2.05) is 6.92 Å². The number of carbonyl (C=O) groups is 1. The first kappa shape index (κ1) is 20.2. The first-order valence-electron chi connectivity index (χ1n) is 10.2. The van der Waals surface area contributed by atoms with Crippen LogP contribution in [0.1, 0.15) is 53.1 Å². The van der Waals surface area contributed by atoms with Crippen molar-refractivity contribution in [2.75, 3.05) is 24.5 Å². The smallest absolute Gasteiger partial charge is 0.341 e. The lowest BCUT2D eigenvalue weighted by Crippen LogP contribution is -3.00. The number of rotatable bonds is 3. The summed E-state index contributed by atoms with van der Waals surface area (Å²) in [5, 5.41) is 11.7. The number of hydrogen-bond donors (Lipinski definition) is 2. The standard InChI is InChI=1S/C21H24FN3O3.ClH/c1-11-18-14(12-2-3-12)8-15(21(27)28)20(26)25(18)10-16(22)19(11)24-7-5-13-4-6-23-9-17(13)24;/h8,10,12-13,17,23H,2-7,9H2,1H3,(H,27,28);1H/t13-,17-;/m0./s1. The van der Waals surface area contributed by atoms with Crippen LogP contribution in [0.4, 0.5) is 10.1 Å². The second-order valence-corrected chi connectivity index (χ2v) is 8.48. The number of fused-ring (bicyclic) bond motifs is 2. The molecule has 29 heavy (non-hydrogen) atoms. The van der Waals surface area contributed by atoms with E-state index in [0.717, 1.165) is 56.4 Å². The van der Waals surface area contributed by atoms with Gasteiger partial charge in [0, 0.05) is 13.0 Å². The fraction of sp³-hybridized carbons (Fsp3) is 0.524. The Bertz CT molecular complexity index is 1050. The van der Waals surface area contributed by atoms with Crippen LogP contribution in [0.25, 0.3) is 5.52 Å². The van der Waals surface area contributed by atoms with Crippen LogP contribution < -0.4 is 28.2 Å². The number of piperidine rings is 1. The molecule has 0 radical (unpaired) electrons. The van der Waals surface area contributed by atoms with Crippen LogP contribution in [0.5, 0.6) is 0 Å². The highest BCUT2D eigenvalue weighted by Crippen LogP contribution is 2.44. The van der Waals surface area contributed by atoms with Gasteiger partial charge in [0.2, 0.25) is 0 Å². The normalized spacial score (nSPS) is 23.7. The maximum absolute atomic E-state index is 15.3. The molecule has 5 rings (SSSR count). The minimum absolute atomic E-state index is 0. The number of aromatic carboxylic acids is 1. The van der Waals surface area contributed by atoms with Gasteiger partial charge in [0.25, 0.3) is 5.56 Å². The lowest BCUT2D eigenvalue weighted by atomic mass is 9.93. The lowest BCUT2D eigenvalue weighted by Gasteiger charge is -2.33. The average Bonchev–Trinajstić information content (AvgIpc) is 3.43. The molecule has 2 atom stereocenters. The molecule has 3 N–H and O–H groups in total. The Hall–Kier alpha value is -2.12. The van der Waals surface area contributed by atoms with E-state index >= 15 is 4.39 Å². The predicted molar refractivity (Wildman–Crippen MR) is 103 cm³/mol. The summed E-state index contributed by atoms with van der Waals surface area (Å²) in [6.45, 7) is 4.80. The van der Waals surface area contributed by atoms with Gasteiger partial charge in [-0.05, 0) is 55.2 Å². The fourth-order valence-corrected chi connectivity index (χ4v) is 5.33. The van der Waals surface area contributed by atoms with Crippen LogP contribution in [-0.4, -0.2) is 41.2 Å². The number of aryl methyl sites for hydroxylation is 1. The van der Waals surface area contributed by atoms with Crippen molar-refractivity contribution in [1.82, 2.24) is 4.40 Å². The van der Waals surface area contributed by atoms with Gasteiger partial charge in [-0.2, -0.15) is 0 Å². The molecule has 2 aliphatic heterocycles. The van der Waals surface area contributed by atoms with Crippen molar-refractivity contribution < 1.29 is 32.0 Å². The van der Waals surface area contributed by atoms with Crippen molar-refractivity contribution in [1.29, 1.82) is 0 Å². The van der Waals surface area contributed by atoms with E-state index in [0.29, 0.717) is 23.2 Å². The number of aromatic nitrogens is 1. The summed E-state index contributed by atoms with van der Waals surface area (Å²) in [5.41, 5.74) is 1.95. The number of anilines is 1. The van der Waals surface area contributed by atoms with Crippen molar-refractivity contribution in [2.45, 2.75) is 44.6 Å². The van der Waals surface area contributed by atoms with Crippen LogP contribution >= 0.6 is 0 Å². The molecule has 2 aromatic heterocycles. The molecule has 3 aliphatic rings. The molecule has 2 saturated heterocycles. The first-order chi connectivity index (χ1) is 13.5. The fourth-order valence-electron chi connectivity index (χ4n) is 5.33. The number of hydrogen-bond acceptors (Lipinski definition) is 3. The third-order valence-electron chi connectivity index (χ3n) is 6.81.